The van der Waals surface area contributed by atoms with Crippen LogP contribution in [0, 0.1) is 0 Å². The smallest absolute Gasteiger partial charge is 0.261 e. The van der Waals surface area contributed by atoms with Gasteiger partial charge in [0.2, 0.25) is 10.0 Å². The highest BCUT2D eigenvalue weighted by Crippen LogP contribution is 2.19. The lowest BCUT2D eigenvalue weighted by molar-refractivity contribution is 0.315. The second kappa shape index (κ2) is 6.32. The van der Waals surface area contributed by atoms with Gasteiger partial charge in [0.25, 0.3) is 5.56 Å². The maximum absolute atomic E-state index is 12.5. The van der Waals surface area contributed by atoms with Crippen molar-refractivity contribution in [2.24, 2.45) is 0 Å². The molecular formula is C16H13N5O4S. The maximum atomic E-state index is 12.5. The number of hydrogen-bond donors (Lipinski definition) is 1. The summed E-state index contributed by atoms with van der Waals surface area (Å²) in [6.07, 6.45) is 1.40. The summed E-state index contributed by atoms with van der Waals surface area (Å²) in [5.74, 6) is 0. The van der Waals surface area contributed by atoms with Gasteiger partial charge < -0.3 is 0 Å². The Morgan fingerprint density at radius 2 is 1.85 bits per heavy atom. The average Bonchev–Trinajstić information content (AvgIpc) is 3.12. The Hall–Kier alpha value is -3.11. The van der Waals surface area contributed by atoms with E-state index in [1.807, 2.05) is 0 Å². The number of aromatic nitrogens is 4. The van der Waals surface area contributed by atoms with Crippen LogP contribution in [0.2, 0.25) is 0 Å². The maximum Gasteiger partial charge on any atom is 0.261 e. The molecule has 132 valence electrons. The second-order valence-corrected chi connectivity index (χ2v) is 7.28. The first kappa shape index (κ1) is 16.4. The summed E-state index contributed by atoms with van der Waals surface area (Å²) in [6, 6.07) is 11.6. The lowest BCUT2D eigenvalue weighted by atomic mass is 10.2. The zero-order chi connectivity index (χ0) is 18.1. The number of nitrogens with one attached hydrogen (secondary N) is 1. The largest absolute Gasteiger partial charge is 0.297 e. The predicted octanol–water partition coefficient (Wildman–Crippen LogP) is 0.911. The molecule has 0 aliphatic rings. The lowest BCUT2D eigenvalue weighted by Crippen LogP contribution is -2.31. The predicted molar refractivity (Wildman–Crippen MR) is 93.0 cm³/mol. The van der Waals surface area contributed by atoms with Crippen molar-refractivity contribution in [3.63, 3.8) is 0 Å². The van der Waals surface area contributed by atoms with Crippen molar-refractivity contribution in [3.8, 4) is 0 Å². The molecule has 0 aliphatic carbocycles. The number of para-hydroxylation sites is 1. The number of sulfonamides is 1. The summed E-state index contributed by atoms with van der Waals surface area (Å²) in [5.41, 5.74) is 0.879. The first-order valence-electron chi connectivity index (χ1n) is 7.71. The highest BCUT2D eigenvalue weighted by molar-refractivity contribution is 7.89. The van der Waals surface area contributed by atoms with Crippen LogP contribution in [0.1, 0.15) is 0 Å². The molecule has 9 nitrogen and oxygen atoms in total. The summed E-state index contributed by atoms with van der Waals surface area (Å²) in [4.78, 5) is 16.6. The van der Waals surface area contributed by atoms with Crippen LogP contribution in [0.4, 0.5) is 0 Å². The van der Waals surface area contributed by atoms with Gasteiger partial charge in [-0.1, -0.05) is 18.2 Å². The Balaban J connectivity index is 1.55. The molecule has 0 spiro atoms. The van der Waals surface area contributed by atoms with Crippen LogP contribution in [0.5, 0.6) is 0 Å². The van der Waals surface area contributed by atoms with Crippen molar-refractivity contribution >= 4 is 32.0 Å². The minimum atomic E-state index is -3.83. The Bertz CT molecular complexity index is 1260. The van der Waals surface area contributed by atoms with E-state index in [9.17, 15) is 13.2 Å². The Morgan fingerprint density at radius 3 is 2.73 bits per heavy atom. The summed E-state index contributed by atoms with van der Waals surface area (Å²) in [6.45, 7) is 0.160. The van der Waals surface area contributed by atoms with Crippen LogP contribution >= 0.6 is 0 Å². The van der Waals surface area contributed by atoms with E-state index in [0.29, 0.717) is 16.4 Å². The molecule has 2 aromatic heterocycles. The highest BCUT2D eigenvalue weighted by Gasteiger charge is 2.19. The molecule has 10 heteroatoms. The molecule has 0 saturated carbocycles. The molecule has 0 saturated heterocycles. The van der Waals surface area contributed by atoms with Gasteiger partial charge in [-0.2, -0.15) is 0 Å². The minimum absolute atomic E-state index is 0.0178. The van der Waals surface area contributed by atoms with Crippen LogP contribution in [0.15, 0.2) is 63.1 Å². The molecule has 0 radical (unpaired) electrons. The number of nitrogens with zero attached hydrogens (tertiary/aromatic N) is 4. The third kappa shape index (κ3) is 2.85. The average molecular weight is 371 g/mol. The van der Waals surface area contributed by atoms with Gasteiger partial charge in [0, 0.05) is 13.1 Å². The Kier molecular flexibility index (Phi) is 3.98. The van der Waals surface area contributed by atoms with Crippen LogP contribution in [-0.4, -0.2) is 34.8 Å². The standard InChI is InChI=1S/C16H13N5O4S/c22-16-11-4-1-2-5-12(11)17-10-21(16)9-8-18-26(23,24)14-7-3-6-13-15(14)20-25-19-13/h1-7,10,18H,8-9H2. The molecule has 0 unspecified atom stereocenters. The van der Waals surface area contributed by atoms with Crippen LogP contribution in [0.25, 0.3) is 21.9 Å². The number of fused-ring (bicyclic) bond motifs is 2. The zero-order valence-corrected chi connectivity index (χ0v) is 14.2. The van der Waals surface area contributed by atoms with Crippen LogP contribution in [-0.2, 0) is 16.6 Å². The number of rotatable bonds is 5. The third-order valence-electron chi connectivity index (χ3n) is 3.91. The summed E-state index contributed by atoms with van der Waals surface area (Å²) in [5, 5.41) is 7.74. The van der Waals surface area contributed by atoms with Gasteiger partial charge in [-0.15, -0.1) is 0 Å². The van der Waals surface area contributed by atoms with E-state index < -0.39 is 10.0 Å². The lowest BCUT2D eigenvalue weighted by Gasteiger charge is -2.09. The molecule has 1 N–H and O–H groups in total. The van der Waals surface area contributed by atoms with Crippen molar-refractivity contribution in [1.29, 1.82) is 0 Å². The summed E-state index contributed by atoms with van der Waals surface area (Å²) < 4.78 is 33.4. The summed E-state index contributed by atoms with van der Waals surface area (Å²) >= 11 is 0. The van der Waals surface area contributed by atoms with Gasteiger partial charge >= 0.3 is 0 Å². The molecule has 0 amide bonds. The molecule has 2 aromatic carbocycles. The zero-order valence-electron chi connectivity index (χ0n) is 13.4. The van der Waals surface area contributed by atoms with Crippen molar-refractivity contribution in [2.45, 2.75) is 11.4 Å². The molecule has 0 fully saturated rings. The van der Waals surface area contributed by atoms with Gasteiger partial charge in [0.1, 0.15) is 10.4 Å². The van der Waals surface area contributed by atoms with E-state index in [4.69, 9.17) is 0 Å². The van der Waals surface area contributed by atoms with E-state index in [0.717, 1.165) is 0 Å². The fourth-order valence-corrected chi connectivity index (χ4v) is 3.81. The molecular weight excluding hydrogens is 358 g/mol. The molecule has 0 bridgehead atoms. The normalized spacial score (nSPS) is 12.0. The van der Waals surface area contributed by atoms with Gasteiger partial charge in [-0.3, -0.25) is 9.36 Å². The first-order valence-corrected chi connectivity index (χ1v) is 9.20. The molecule has 0 atom stereocenters. The van der Waals surface area contributed by atoms with Gasteiger partial charge in [-0.05, 0) is 34.6 Å². The molecule has 4 rings (SSSR count). The van der Waals surface area contributed by atoms with Gasteiger partial charge in [-0.25, -0.2) is 22.8 Å². The van der Waals surface area contributed by atoms with Crippen molar-refractivity contribution < 1.29 is 13.0 Å². The number of benzene rings is 2. The third-order valence-corrected chi connectivity index (χ3v) is 5.41. The molecule has 2 heterocycles. The van der Waals surface area contributed by atoms with Crippen molar-refractivity contribution in [3.05, 3.63) is 59.1 Å². The second-order valence-electron chi connectivity index (χ2n) is 5.55. The van der Waals surface area contributed by atoms with E-state index in [-0.39, 0.29) is 29.1 Å². The summed E-state index contributed by atoms with van der Waals surface area (Å²) in [7, 11) is -3.83. The Morgan fingerprint density at radius 1 is 1.04 bits per heavy atom. The van der Waals surface area contributed by atoms with Crippen LogP contribution in [0.3, 0.4) is 0 Å². The number of hydrogen-bond acceptors (Lipinski definition) is 7. The van der Waals surface area contributed by atoms with Gasteiger partial charge in [0.05, 0.1) is 17.2 Å². The Labute approximate surface area is 147 Å². The fraction of sp³-hybridized carbons (Fsp3) is 0.125. The van der Waals surface area contributed by atoms with E-state index in [1.165, 1.54) is 17.0 Å². The van der Waals surface area contributed by atoms with E-state index in [1.54, 1.807) is 36.4 Å². The fourth-order valence-electron chi connectivity index (χ4n) is 2.64. The quantitative estimate of drug-likeness (QED) is 0.553. The van der Waals surface area contributed by atoms with E-state index in [2.05, 4.69) is 24.6 Å². The highest BCUT2D eigenvalue weighted by atomic mass is 32.2. The molecule has 26 heavy (non-hydrogen) atoms. The van der Waals surface area contributed by atoms with Crippen molar-refractivity contribution in [1.82, 2.24) is 24.6 Å². The first-order chi connectivity index (χ1) is 12.6. The van der Waals surface area contributed by atoms with Crippen LogP contribution < -0.4 is 10.3 Å². The minimum Gasteiger partial charge on any atom is -0.297 e. The SMILES string of the molecule is O=c1c2ccccc2ncn1CCNS(=O)(=O)c1cccc2nonc12. The van der Waals surface area contributed by atoms with Gasteiger partial charge in [0.15, 0.2) is 5.52 Å². The van der Waals surface area contributed by atoms with Crippen molar-refractivity contribution in [2.75, 3.05) is 6.54 Å². The molecule has 0 aliphatic heterocycles. The molecule has 4 aromatic rings. The topological polar surface area (TPSA) is 120 Å². The van der Waals surface area contributed by atoms with E-state index >= 15 is 0 Å². The monoisotopic (exact) mass is 371 g/mol.